The first-order valence-corrected chi connectivity index (χ1v) is 9.59. The number of hydrogen-bond donors (Lipinski definition) is 1. The minimum absolute atomic E-state index is 0.104. The van der Waals surface area contributed by atoms with Crippen molar-refractivity contribution < 1.29 is 4.79 Å². The van der Waals surface area contributed by atoms with Gasteiger partial charge in [-0.15, -0.1) is 0 Å². The summed E-state index contributed by atoms with van der Waals surface area (Å²) < 4.78 is 4.59. The van der Waals surface area contributed by atoms with Crippen LogP contribution < -0.4 is 11.0 Å². The first-order chi connectivity index (χ1) is 13.9. The Hall–Kier alpha value is -3.03. The van der Waals surface area contributed by atoms with Crippen molar-refractivity contribution in [3.8, 4) is 0 Å². The van der Waals surface area contributed by atoms with Gasteiger partial charge in [-0.05, 0) is 29.8 Å². The zero-order chi connectivity index (χ0) is 20.5. The van der Waals surface area contributed by atoms with Gasteiger partial charge in [-0.3, -0.25) is 13.9 Å². The number of benzene rings is 2. The van der Waals surface area contributed by atoms with E-state index in [2.05, 4.69) is 10.4 Å². The minimum Gasteiger partial charge on any atom is -0.309 e. The van der Waals surface area contributed by atoms with Gasteiger partial charge in [-0.25, -0.2) is 9.48 Å². The van der Waals surface area contributed by atoms with Gasteiger partial charge in [0.1, 0.15) is 12.4 Å². The van der Waals surface area contributed by atoms with Crippen LogP contribution >= 0.6 is 23.2 Å². The van der Waals surface area contributed by atoms with Crippen molar-refractivity contribution in [3.63, 3.8) is 0 Å². The minimum atomic E-state index is -0.326. The Morgan fingerprint density at radius 1 is 1.10 bits per heavy atom. The average Bonchev–Trinajstić information content (AvgIpc) is 3.22. The van der Waals surface area contributed by atoms with E-state index in [9.17, 15) is 9.59 Å². The fraction of sp³-hybridized carbons (Fsp3) is 0.150. The Kier molecular flexibility index (Phi) is 5.17. The van der Waals surface area contributed by atoms with Gasteiger partial charge >= 0.3 is 5.69 Å². The van der Waals surface area contributed by atoms with Crippen molar-refractivity contribution in [2.24, 2.45) is 7.05 Å². The summed E-state index contributed by atoms with van der Waals surface area (Å²) in [6, 6.07) is 14.3. The van der Waals surface area contributed by atoms with Crippen LogP contribution in [-0.2, 0) is 24.9 Å². The number of fused-ring (bicyclic) bond motifs is 1. The smallest absolute Gasteiger partial charge is 0.309 e. The maximum absolute atomic E-state index is 12.6. The maximum Gasteiger partial charge on any atom is 0.329 e. The van der Waals surface area contributed by atoms with E-state index in [0.29, 0.717) is 27.9 Å². The Bertz CT molecular complexity index is 1270. The van der Waals surface area contributed by atoms with Gasteiger partial charge in [0.2, 0.25) is 5.91 Å². The molecule has 0 fully saturated rings. The fourth-order valence-corrected chi connectivity index (χ4v) is 3.69. The van der Waals surface area contributed by atoms with Crippen LogP contribution in [0, 0.1) is 0 Å². The lowest BCUT2D eigenvalue weighted by atomic mass is 10.2. The highest BCUT2D eigenvalue weighted by atomic mass is 35.5. The Labute approximate surface area is 176 Å². The molecule has 0 unspecified atom stereocenters. The number of nitrogens with one attached hydrogen (secondary N) is 1. The molecule has 0 atom stereocenters. The lowest BCUT2D eigenvalue weighted by Gasteiger charge is -2.11. The first kappa shape index (κ1) is 19.3. The van der Waals surface area contributed by atoms with Crippen LogP contribution in [0.3, 0.4) is 0 Å². The van der Waals surface area contributed by atoms with Crippen LogP contribution in [0.2, 0.25) is 10.0 Å². The molecule has 1 N–H and O–H groups in total. The summed E-state index contributed by atoms with van der Waals surface area (Å²) in [7, 11) is 1.68. The van der Waals surface area contributed by atoms with Gasteiger partial charge in [-0.2, -0.15) is 5.10 Å². The second-order valence-corrected chi connectivity index (χ2v) is 7.42. The quantitative estimate of drug-likeness (QED) is 0.527. The number of carbonyl (C=O) groups excluding carboxylic acids is 1. The van der Waals surface area contributed by atoms with Crippen molar-refractivity contribution in [1.82, 2.24) is 18.9 Å². The summed E-state index contributed by atoms with van der Waals surface area (Å²) in [5, 5.41) is 8.13. The van der Waals surface area contributed by atoms with Gasteiger partial charge in [0.15, 0.2) is 0 Å². The lowest BCUT2D eigenvalue weighted by Crippen LogP contribution is -2.29. The predicted octanol–water partition coefficient (Wildman–Crippen LogP) is 3.53. The Morgan fingerprint density at radius 2 is 1.86 bits per heavy atom. The van der Waals surface area contributed by atoms with Crippen molar-refractivity contribution in [2.45, 2.75) is 13.1 Å². The van der Waals surface area contributed by atoms with Crippen LogP contribution in [0.25, 0.3) is 11.0 Å². The van der Waals surface area contributed by atoms with E-state index >= 15 is 0 Å². The van der Waals surface area contributed by atoms with E-state index in [1.54, 1.807) is 36.1 Å². The highest BCUT2D eigenvalue weighted by Gasteiger charge is 2.15. The summed E-state index contributed by atoms with van der Waals surface area (Å²) in [6.45, 7) is 0.264. The van der Waals surface area contributed by atoms with Crippen LogP contribution in [0.1, 0.15) is 5.56 Å². The SMILES string of the molecule is Cn1c(=O)n(CC(=O)Nc2ccnn2Cc2ccc(Cl)cc2Cl)c2ccccc21. The summed E-state index contributed by atoms with van der Waals surface area (Å²) in [5.41, 5.74) is 2.05. The number of amides is 1. The monoisotopic (exact) mass is 429 g/mol. The zero-order valence-corrected chi connectivity index (χ0v) is 17.0. The number of nitrogens with zero attached hydrogens (tertiary/aromatic N) is 4. The largest absolute Gasteiger partial charge is 0.329 e. The van der Waals surface area contributed by atoms with Gasteiger partial charge in [-0.1, -0.05) is 41.4 Å². The number of aryl methyl sites for hydroxylation is 1. The van der Waals surface area contributed by atoms with Crippen LogP contribution in [0.5, 0.6) is 0 Å². The van der Waals surface area contributed by atoms with Gasteiger partial charge in [0.25, 0.3) is 0 Å². The molecule has 0 aliphatic heterocycles. The standard InChI is InChI=1S/C20H17Cl2N5O2/c1-25-16-4-2-3-5-17(16)26(20(25)29)12-19(28)24-18-8-9-23-27(18)11-13-6-7-14(21)10-15(13)22/h2-10H,11-12H2,1H3,(H,24,28). The van der Waals surface area contributed by atoms with Gasteiger partial charge < -0.3 is 5.32 Å². The highest BCUT2D eigenvalue weighted by molar-refractivity contribution is 6.35. The second-order valence-electron chi connectivity index (χ2n) is 6.57. The lowest BCUT2D eigenvalue weighted by molar-refractivity contribution is -0.116. The normalized spacial score (nSPS) is 11.1. The molecule has 0 spiro atoms. The van der Waals surface area contributed by atoms with Gasteiger partial charge in [0, 0.05) is 23.2 Å². The molecule has 4 rings (SSSR count). The first-order valence-electron chi connectivity index (χ1n) is 8.84. The molecule has 2 aromatic heterocycles. The molecule has 9 heteroatoms. The van der Waals surface area contributed by atoms with Gasteiger partial charge in [0.05, 0.1) is 23.8 Å². The molecule has 148 valence electrons. The number of carbonyl (C=O) groups is 1. The third-order valence-electron chi connectivity index (χ3n) is 4.67. The fourth-order valence-electron chi connectivity index (χ4n) is 3.22. The molecule has 7 nitrogen and oxygen atoms in total. The highest BCUT2D eigenvalue weighted by Crippen LogP contribution is 2.22. The molecule has 0 radical (unpaired) electrons. The topological polar surface area (TPSA) is 73.8 Å². The van der Waals surface area contributed by atoms with E-state index < -0.39 is 0 Å². The van der Waals surface area contributed by atoms with E-state index in [0.717, 1.165) is 11.1 Å². The number of aromatic nitrogens is 4. The maximum atomic E-state index is 12.6. The molecule has 0 aliphatic carbocycles. The molecule has 0 saturated carbocycles. The molecule has 0 saturated heterocycles. The van der Waals surface area contributed by atoms with E-state index in [1.807, 2.05) is 30.3 Å². The molecular formula is C20H17Cl2N5O2. The number of anilines is 1. The summed E-state index contributed by atoms with van der Waals surface area (Å²) in [6.07, 6.45) is 1.59. The number of rotatable bonds is 5. The zero-order valence-electron chi connectivity index (χ0n) is 15.5. The van der Waals surface area contributed by atoms with E-state index in [4.69, 9.17) is 23.2 Å². The predicted molar refractivity (Wildman–Crippen MR) is 114 cm³/mol. The summed E-state index contributed by atoms with van der Waals surface area (Å²) in [4.78, 5) is 25.1. The molecule has 0 aliphatic rings. The molecule has 2 heterocycles. The third kappa shape index (κ3) is 3.79. The van der Waals surface area contributed by atoms with Crippen molar-refractivity contribution in [1.29, 1.82) is 0 Å². The number of imidazole rings is 1. The second kappa shape index (κ2) is 7.77. The molecular weight excluding hydrogens is 413 g/mol. The molecule has 29 heavy (non-hydrogen) atoms. The van der Waals surface area contributed by atoms with Crippen LogP contribution in [-0.4, -0.2) is 24.8 Å². The molecule has 0 bridgehead atoms. The summed E-state index contributed by atoms with van der Waals surface area (Å²) in [5.74, 6) is 0.182. The Morgan fingerprint density at radius 3 is 2.62 bits per heavy atom. The van der Waals surface area contributed by atoms with Crippen molar-refractivity contribution in [2.75, 3.05) is 5.32 Å². The third-order valence-corrected chi connectivity index (χ3v) is 5.26. The number of para-hydroxylation sites is 2. The van der Waals surface area contributed by atoms with Crippen LogP contribution in [0.15, 0.2) is 59.5 Å². The average molecular weight is 430 g/mol. The molecule has 2 aromatic carbocycles. The van der Waals surface area contributed by atoms with Crippen molar-refractivity contribution >= 4 is 46.0 Å². The van der Waals surface area contributed by atoms with E-state index in [-0.39, 0.29) is 18.1 Å². The number of hydrogen-bond acceptors (Lipinski definition) is 3. The number of halogens is 2. The molecule has 1 amide bonds. The molecule has 4 aromatic rings. The summed E-state index contributed by atoms with van der Waals surface area (Å²) >= 11 is 12.2. The van der Waals surface area contributed by atoms with E-state index in [1.165, 1.54) is 9.13 Å². The van der Waals surface area contributed by atoms with Crippen molar-refractivity contribution in [3.05, 3.63) is 80.8 Å². The Balaban J connectivity index is 1.54. The van der Waals surface area contributed by atoms with Crippen LogP contribution in [0.4, 0.5) is 5.82 Å².